The first-order valence-electron chi connectivity index (χ1n) is 10.4. The molecule has 7 nitrogen and oxygen atoms in total. The van der Waals surface area contributed by atoms with Crippen LogP contribution in [0, 0.1) is 18.6 Å². The van der Waals surface area contributed by atoms with Crippen LogP contribution < -0.4 is 10.2 Å². The van der Waals surface area contributed by atoms with Crippen LogP contribution in [0.1, 0.15) is 35.8 Å². The Labute approximate surface area is 177 Å². The van der Waals surface area contributed by atoms with Crippen LogP contribution in [0.4, 0.5) is 20.2 Å². The Morgan fingerprint density at radius 3 is 2.65 bits per heavy atom. The Hall–Kier alpha value is -3.49. The number of carbonyl (C=O) groups is 1. The molecule has 5 rings (SSSR count). The number of imidazole rings is 1. The number of fused-ring (bicyclic) bond motifs is 2. The van der Waals surface area contributed by atoms with E-state index in [9.17, 15) is 9.18 Å². The van der Waals surface area contributed by atoms with Crippen molar-refractivity contribution < 1.29 is 13.6 Å². The second kappa shape index (κ2) is 7.33. The van der Waals surface area contributed by atoms with Gasteiger partial charge in [0.2, 0.25) is 0 Å². The van der Waals surface area contributed by atoms with Crippen molar-refractivity contribution in [1.82, 2.24) is 19.2 Å². The highest BCUT2D eigenvalue weighted by Gasteiger charge is 2.25. The van der Waals surface area contributed by atoms with E-state index < -0.39 is 17.5 Å². The van der Waals surface area contributed by atoms with E-state index in [1.807, 2.05) is 13.1 Å². The minimum Gasteiger partial charge on any atom is -0.371 e. The first-order valence-corrected chi connectivity index (χ1v) is 10.4. The third kappa shape index (κ3) is 3.30. The lowest BCUT2D eigenvalue weighted by Gasteiger charge is -2.19. The molecular weight excluding hydrogens is 402 g/mol. The molecule has 0 bridgehead atoms. The van der Waals surface area contributed by atoms with Gasteiger partial charge in [-0.15, -0.1) is 0 Å². The molecule has 1 aliphatic heterocycles. The van der Waals surface area contributed by atoms with Crippen LogP contribution in [0.3, 0.4) is 0 Å². The highest BCUT2D eigenvalue weighted by molar-refractivity contribution is 6.14. The van der Waals surface area contributed by atoms with E-state index >= 15 is 4.39 Å². The fraction of sp³-hybridized carbons (Fsp3) is 0.318. The standard InChI is InChI=1S/C22H22F2N6O/c1-3-30-12-15-18(28-6-4-5-7-28)9-16(23)19(20(15)27-30)22(31)26-14-8-17(24)21-25-13(2)10-29(21)11-14/h8-12H,3-7H2,1-2H3,(H,26,31). The van der Waals surface area contributed by atoms with Crippen LogP contribution in [-0.2, 0) is 6.54 Å². The smallest absolute Gasteiger partial charge is 0.260 e. The zero-order valence-corrected chi connectivity index (χ0v) is 17.3. The van der Waals surface area contributed by atoms with E-state index in [2.05, 4.69) is 20.3 Å². The summed E-state index contributed by atoms with van der Waals surface area (Å²) in [5, 5.41) is 7.81. The summed E-state index contributed by atoms with van der Waals surface area (Å²) in [6.07, 6.45) is 7.15. The number of amides is 1. The van der Waals surface area contributed by atoms with Crippen molar-refractivity contribution in [3.05, 3.63) is 53.6 Å². The monoisotopic (exact) mass is 424 g/mol. The van der Waals surface area contributed by atoms with Crippen LogP contribution >= 0.6 is 0 Å². The SMILES string of the molecule is CCn1cc2c(N3CCCC3)cc(F)c(C(=O)Nc3cc(F)c4nc(C)cn4c3)c2n1. The third-order valence-corrected chi connectivity index (χ3v) is 5.66. The van der Waals surface area contributed by atoms with Gasteiger partial charge in [-0.25, -0.2) is 13.8 Å². The second-order valence-corrected chi connectivity index (χ2v) is 7.84. The minimum absolute atomic E-state index is 0.146. The molecule has 0 unspecified atom stereocenters. The van der Waals surface area contributed by atoms with E-state index in [0.717, 1.165) is 37.0 Å². The summed E-state index contributed by atoms with van der Waals surface area (Å²) >= 11 is 0. The van der Waals surface area contributed by atoms with Gasteiger partial charge in [-0.2, -0.15) is 5.10 Å². The van der Waals surface area contributed by atoms with E-state index in [1.165, 1.54) is 16.5 Å². The largest absolute Gasteiger partial charge is 0.371 e. The summed E-state index contributed by atoms with van der Waals surface area (Å²) in [5.41, 5.74) is 1.94. The molecule has 0 atom stereocenters. The average Bonchev–Trinajstić information content (AvgIpc) is 3.46. The molecule has 1 N–H and O–H groups in total. The number of hydrogen-bond donors (Lipinski definition) is 1. The molecule has 1 fully saturated rings. The summed E-state index contributed by atoms with van der Waals surface area (Å²) in [6, 6.07) is 2.59. The number of hydrogen-bond acceptors (Lipinski definition) is 4. The maximum absolute atomic E-state index is 15.2. The van der Waals surface area contributed by atoms with Crippen LogP contribution in [-0.4, -0.2) is 38.2 Å². The highest BCUT2D eigenvalue weighted by atomic mass is 19.1. The fourth-order valence-corrected chi connectivity index (χ4v) is 4.22. The quantitative estimate of drug-likeness (QED) is 0.535. The Morgan fingerprint density at radius 1 is 1.13 bits per heavy atom. The predicted molar refractivity (Wildman–Crippen MR) is 115 cm³/mol. The number of pyridine rings is 1. The lowest BCUT2D eigenvalue weighted by molar-refractivity contribution is 0.102. The van der Waals surface area contributed by atoms with Gasteiger partial charge in [0.05, 0.1) is 17.1 Å². The molecule has 9 heteroatoms. The molecule has 0 aliphatic carbocycles. The second-order valence-electron chi connectivity index (χ2n) is 7.84. The molecule has 0 saturated carbocycles. The van der Waals surface area contributed by atoms with E-state index in [4.69, 9.17) is 0 Å². The van der Waals surface area contributed by atoms with Crippen LogP contribution in [0.15, 0.2) is 30.7 Å². The number of nitrogens with one attached hydrogen (secondary N) is 1. The van der Waals surface area contributed by atoms with Crippen molar-refractivity contribution in [3.8, 4) is 0 Å². The zero-order chi connectivity index (χ0) is 21.7. The first-order chi connectivity index (χ1) is 14.9. The molecule has 4 heterocycles. The van der Waals surface area contributed by atoms with Crippen LogP contribution in [0.5, 0.6) is 0 Å². The Balaban J connectivity index is 1.58. The van der Waals surface area contributed by atoms with Crippen molar-refractivity contribution in [2.75, 3.05) is 23.3 Å². The van der Waals surface area contributed by atoms with E-state index in [0.29, 0.717) is 17.8 Å². The number of rotatable bonds is 4. The highest BCUT2D eigenvalue weighted by Crippen LogP contribution is 2.33. The third-order valence-electron chi connectivity index (χ3n) is 5.66. The van der Waals surface area contributed by atoms with Gasteiger partial charge in [0.1, 0.15) is 16.9 Å². The fourth-order valence-electron chi connectivity index (χ4n) is 4.22. The summed E-state index contributed by atoms with van der Waals surface area (Å²) in [4.78, 5) is 19.3. The molecule has 1 saturated heterocycles. The topological polar surface area (TPSA) is 67.5 Å². The summed E-state index contributed by atoms with van der Waals surface area (Å²) < 4.78 is 32.8. The number of nitrogens with zero attached hydrogens (tertiary/aromatic N) is 5. The molecule has 160 valence electrons. The minimum atomic E-state index is -0.674. The number of halogens is 2. The summed E-state index contributed by atoms with van der Waals surface area (Å²) in [6.45, 7) is 5.98. The van der Waals surface area contributed by atoms with Gasteiger partial charge < -0.3 is 14.6 Å². The maximum Gasteiger partial charge on any atom is 0.260 e. The molecule has 1 amide bonds. The number of carbonyl (C=O) groups excluding carboxylic acids is 1. The predicted octanol–water partition coefficient (Wildman–Crippen LogP) is 4.14. The lowest BCUT2D eigenvalue weighted by atomic mass is 10.1. The number of benzene rings is 1. The van der Waals surface area contributed by atoms with E-state index in [-0.39, 0.29) is 16.9 Å². The number of aromatic nitrogens is 4. The Morgan fingerprint density at radius 2 is 1.90 bits per heavy atom. The van der Waals surface area contributed by atoms with Gasteiger partial charge >= 0.3 is 0 Å². The number of anilines is 2. The van der Waals surface area contributed by atoms with Gasteiger partial charge in [-0.1, -0.05) is 0 Å². The lowest BCUT2D eigenvalue weighted by Crippen LogP contribution is -2.20. The van der Waals surface area contributed by atoms with Gasteiger partial charge in [0, 0.05) is 49.7 Å². The van der Waals surface area contributed by atoms with E-state index in [1.54, 1.807) is 24.0 Å². The van der Waals surface area contributed by atoms with Crippen molar-refractivity contribution in [3.63, 3.8) is 0 Å². The summed E-state index contributed by atoms with van der Waals surface area (Å²) in [7, 11) is 0. The van der Waals surface area contributed by atoms with Gasteiger partial charge in [0.15, 0.2) is 11.5 Å². The molecule has 0 spiro atoms. The zero-order valence-electron chi connectivity index (χ0n) is 17.3. The van der Waals surface area contributed by atoms with Crippen molar-refractivity contribution in [2.24, 2.45) is 0 Å². The van der Waals surface area contributed by atoms with Crippen molar-refractivity contribution in [2.45, 2.75) is 33.2 Å². The maximum atomic E-state index is 15.2. The number of aryl methyl sites for hydroxylation is 2. The molecular formula is C22H22F2N6O. The van der Waals surface area contributed by atoms with Crippen LogP contribution in [0.2, 0.25) is 0 Å². The Kier molecular flexibility index (Phi) is 4.60. The normalized spacial score (nSPS) is 14.1. The molecule has 31 heavy (non-hydrogen) atoms. The van der Waals surface area contributed by atoms with Gasteiger partial charge in [-0.3, -0.25) is 9.48 Å². The van der Waals surface area contributed by atoms with Gasteiger partial charge in [-0.05, 0) is 32.8 Å². The first kappa shape index (κ1) is 19.5. The van der Waals surface area contributed by atoms with Crippen molar-refractivity contribution >= 4 is 33.8 Å². The molecule has 0 radical (unpaired) electrons. The van der Waals surface area contributed by atoms with Crippen LogP contribution in [0.25, 0.3) is 16.6 Å². The van der Waals surface area contributed by atoms with Gasteiger partial charge in [0.25, 0.3) is 5.91 Å². The molecule has 3 aromatic heterocycles. The average molecular weight is 424 g/mol. The Bertz CT molecular complexity index is 1320. The summed E-state index contributed by atoms with van der Waals surface area (Å²) in [5.74, 6) is -1.89. The van der Waals surface area contributed by atoms with Crippen molar-refractivity contribution in [1.29, 1.82) is 0 Å². The molecule has 4 aromatic rings. The molecule has 1 aromatic carbocycles. The molecule has 1 aliphatic rings.